The SMILES string of the molecule is CN1CCC=C2c3ccc(Cl)c4ccn(c34)C[C@H]21. The van der Waals surface area contributed by atoms with Crippen LogP contribution < -0.4 is 0 Å². The van der Waals surface area contributed by atoms with E-state index in [1.807, 2.05) is 6.07 Å². The van der Waals surface area contributed by atoms with E-state index in [0.717, 1.165) is 24.5 Å². The number of benzene rings is 1. The average molecular weight is 259 g/mol. The summed E-state index contributed by atoms with van der Waals surface area (Å²) in [4.78, 5) is 2.46. The lowest BCUT2D eigenvalue weighted by molar-refractivity contribution is 0.260. The van der Waals surface area contributed by atoms with Crippen LogP contribution in [-0.4, -0.2) is 29.1 Å². The first-order valence-corrected chi connectivity index (χ1v) is 6.81. The number of hydrogen-bond acceptors (Lipinski definition) is 1. The smallest absolute Gasteiger partial charge is 0.0572 e. The predicted octanol–water partition coefficient (Wildman–Crippen LogP) is 3.40. The normalized spacial score (nSPS) is 23.0. The number of rotatable bonds is 0. The lowest BCUT2D eigenvalue weighted by atomic mass is 9.89. The van der Waals surface area contributed by atoms with Crippen LogP contribution in [0.4, 0.5) is 0 Å². The Hall–Kier alpha value is -1.25. The molecular formula is C15H15ClN2. The Morgan fingerprint density at radius 1 is 1.28 bits per heavy atom. The van der Waals surface area contributed by atoms with Crippen molar-refractivity contribution in [2.24, 2.45) is 0 Å². The fraction of sp³-hybridized carbons (Fsp3) is 0.333. The van der Waals surface area contributed by atoms with Gasteiger partial charge in [0.15, 0.2) is 0 Å². The highest BCUT2D eigenvalue weighted by Crippen LogP contribution is 2.39. The quantitative estimate of drug-likeness (QED) is 0.703. The van der Waals surface area contributed by atoms with E-state index in [-0.39, 0.29) is 0 Å². The number of halogens is 1. The molecule has 2 aliphatic rings. The van der Waals surface area contributed by atoms with Gasteiger partial charge in [-0.2, -0.15) is 0 Å². The first kappa shape index (κ1) is 10.7. The van der Waals surface area contributed by atoms with Gasteiger partial charge in [-0.3, -0.25) is 4.90 Å². The Kier molecular flexibility index (Phi) is 2.14. The minimum absolute atomic E-state index is 0.517. The Morgan fingerprint density at radius 3 is 3.06 bits per heavy atom. The molecule has 2 aromatic rings. The summed E-state index contributed by atoms with van der Waals surface area (Å²) in [6.45, 7) is 2.20. The number of likely N-dealkylation sites (N-methyl/N-ethyl adjacent to an activating group) is 1. The van der Waals surface area contributed by atoms with Crippen LogP contribution in [0.1, 0.15) is 12.0 Å². The van der Waals surface area contributed by atoms with Crippen molar-refractivity contribution < 1.29 is 0 Å². The summed E-state index contributed by atoms with van der Waals surface area (Å²) >= 11 is 6.28. The molecule has 2 aliphatic heterocycles. The van der Waals surface area contributed by atoms with E-state index in [0.29, 0.717) is 6.04 Å². The van der Waals surface area contributed by atoms with E-state index in [1.165, 1.54) is 22.0 Å². The molecule has 0 aliphatic carbocycles. The molecule has 3 heterocycles. The third kappa shape index (κ3) is 1.28. The van der Waals surface area contributed by atoms with Gasteiger partial charge in [0.2, 0.25) is 0 Å². The van der Waals surface area contributed by atoms with E-state index < -0.39 is 0 Å². The molecule has 1 aromatic carbocycles. The second-order valence-corrected chi connectivity index (χ2v) is 5.68. The van der Waals surface area contributed by atoms with Gasteiger partial charge < -0.3 is 4.57 Å². The predicted molar refractivity (Wildman–Crippen MR) is 76.0 cm³/mol. The molecule has 0 saturated heterocycles. The first-order chi connectivity index (χ1) is 8.75. The van der Waals surface area contributed by atoms with Crippen molar-refractivity contribution in [3.8, 4) is 0 Å². The standard InChI is InChI=1S/C15H15ClN2/c1-17-7-2-3-10-11-4-5-13(16)12-6-8-18(15(11)12)9-14(10)17/h3-6,8,14H,2,7,9H2,1H3/t14-/m1/s1. The summed E-state index contributed by atoms with van der Waals surface area (Å²) in [6.07, 6.45) is 5.72. The third-order valence-corrected chi connectivity index (χ3v) is 4.62. The first-order valence-electron chi connectivity index (χ1n) is 6.44. The minimum Gasteiger partial charge on any atom is -0.345 e. The van der Waals surface area contributed by atoms with Crippen LogP contribution in [0, 0.1) is 0 Å². The molecule has 0 unspecified atom stereocenters. The second kappa shape index (κ2) is 3.62. The highest BCUT2D eigenvalue weighted by atomic mass is 35.5. The van der Waals surface area contributed by atoms with Crippen molar-refractivity contribution >= 4 is 28.1 Å². The van der Waals surface area contributed by atoms with Crippen molar-refractivity contribution in [3.63, 3.8) is 0 Å². The van der Waals surface area contributed by atoms with Crippen LogP contribution in [0.5, 0.6) is 0 Å². The molecule has 0 fully saturated rings. The highest BCUT2D eigenvalue weighted by molar-refractivity contribution is 6.35. The van der Waals surface area contributed by atoms with Gasteiger partial charge in [-0.1, -0.05) is 23.7 Å². The van der Waals surface area contributed by atoms with Crippen molar-refractivity contribution in [2.45, 2.75) is 19.0 Å². The monoisotopic (exact) mass is 258 g/mol. The average Bonchev–Trinajstić information content (AvgIpc) is 2.79. The van der Waals surface area contributed by atoms with Gasteiger partial charge in [-0.15, -0.1) is 0 Å². The highest BCUT2D eigenvalue weighted by Gasteiger charge is 2.30. The Bertz CT molecular complexity index is 668. The van der Waals surface area contributed by atoms with Gasteiger partial charge >= 0.3 is 0 Å². The molecule has 18 heavy (non-hydrogen) atoms. The number of hydrogen-bond donors (Lipinski definition) is 0. The summed E-state index contributed by atoms with van der Waals surface area (Å²) in [7, 11) is 2.22. The lowest BCUT2D eigenvalue weighted by Gasteiger charge is -2.37. The molecule has 4 rings (SSSR count). The van der Waals surface area contributed by atoms with E-state index in [4.69, 9.17) is 11.6 Å². The van der Waals surface area contributed by atoms with Crippen molar-refractivity contribution in [1.29, 1.82) is 0 Å². The molecule has 0 radical (unpaired) electrons. The molecule has 0 amide bonds. The largest absolute Gasteiger partial charge is 0.345 e. The maximum atomic E-state index is 6.28. The maximum Gasteiger partial charge on any atom is 0.0572 e. The zero-order chi connectivity index (χ0) is 12.3. The summed E-state index contributed by atoms with van der Waals surface area (Å²) in [5.41, 5.74) is 4.15. The second-order valence-electron chi connectivity index (χ2n) is 5.27. The Balaban J connectivity index is 2.04. The van der Waals surface area contributed by atoms with Crippen molar-refractivity contribution in [3.05, 3.63) is 41.1 Å². The molecule has 0 bridgehead atoms. The van der Waals surface area contributed by atoms with Gasteiger partial charge in [-0.25, -0.2) is 0 Å². The summed E-state index contributed by atoms with van der Waals surface area (Å²) in [6, 6.07) is 6.86. The molecule has 2 nitrogen and oxygen atoms in total. The molecule has 0 spiro atoms. The molecule has 1 aromatic heterocycles. The van der Waals surface area contributed by atoms with Crippen molar-refractivity contribution in [1.82, 2.24) is 9.47 Å². The summed E-state index contributed by atoms with van der Waals surface area (Å²) < 4.78 is 2.35. The maximum absolute atomic E-state index is 6.28. The van der Waals surface area contributed by atoms with E-state index in [9.17, 15) is 0 Å². The fourth-order valence-corrected chi connectivity index (χ4v) is 3.56. The van der Waals surface area contributed by atoms with Gasteiger partial charge in [0.1, 0.15) is 0 Å². The van der Waals surface area contributed by atoms with Crippen molar-refractivity contribution in [2.75, 3.05) is 13.6 Å². The Labute approximate surface area is 111 Å². The van der Waals surface area contributed by atoms with Crippen LogP contribution in [-0.2, 0) is 6.54 Å². The van der Waals surface area contributed by atoms with Gasteiger partial charge in [-0.05, 0) is 31.2 Å². The molecule has 3 heteroatoms. The van der Waals surface area contributed by atoms with Crippen LogP contribution in [0.3, 0.4) is 0 Å². The number of fused-ring (bicyclic) bond motifs is 2. The number of aromatic nitrogens is 1. The summed E-state index contributed by atoms with van der Waals surface area (Å²) in [5, 5.41) is 2.04. The summed E-state index contributed by atoms with van der Waals surface area (Å²) in [5.74, 6) is 0. The van der Waals surface area contributed by atoms with E-state index >= 15 is 0 Å². The van der Waals surface area contributed by atoms with E-state index in [1.54, 1.807) is 0 Å². The zero-order valence-corrected chi connectivity index (χ0v) is 11.1. The van der Waals surface area contributed by atoms with Crippen LogP contribution in [0.2, 0.25) is 5.02 Å². The molecular weight excluding hydrogens is 244 g/mol. The molecule has 92 valence electrons. The Morgan fingerprint density at radius 2 is 2.17 bits per heavy atom. The van der Waals surface area contributed by atoms with Crippen LogP contribution in [0.25, 0.3) is 16.5 Å². The minimum atomic E-state index is 0.517. The molecule has 1 atom stereocenters. The van der Waals surface area contributed by atoms with Crippen LogP contribution in [0.15, 0.2) is 30.5 Å². The molecule has 0 N–H and O–H groups in total. The topological polar surface area (TPSA) is 8.17 Å². The third-order valence-electron chi connectivity index (χ3n) is 4.29. The van der Waals surface area contributed by atoms with Gasteiger partial charge in [0, 0.05) is 35.3 Å². The van der Waals surface area contributed by atoms with Crippen LogP contribution >= 0.6 is 11.6 Å². The van der Waals surface area contributed by atoms with Gasteiger partial charge in [0.25, 0.3) is 0 Å². The van der Waals surface area contributed by atoms with Gasteiger partial charge in [0.05, 0.1) is 11.6 Å². The lowest BCUT2D eigenvalue weighted by Crippen LogP contribution is -2.41. The number of nitrogens with zero attached hydrogens (tertiary/aromatic N) is 2. The molecule has 0 saturated carbocycles. The van der Waals surface area contributed by atoms with E-state index in [2.05, 4.69) is 40.9 Å². The zero-order valence-electron chi connectivity index (χ0n) is 10.4. The fourth-order valence-electron chi connectivity index (χ4n) is 3.34.